The van der Waals surface area contributed by atoms with Crippen molar-refractivity contribution in [2.45, 2.75) is 0 Å². The standard InChI is InChI=1S/C18H11Br2FN2O4/c19-12-6-10(7-13(20)17(12)27-9-16(24)25)5-11(8-22)18(26)23-15-4-2-1-3-14(15)21/h1-7H,9H2,(H,23,26)(H,24,25)/b11-5-. The monoisotopic (exact) mass is 496 g/mol. The molecule has 2 aromatic rings. The summed E-state index contributed by atoms with van der Waals surface area (Å²) in [7, 11) is 0. The van der Waals surface area contributed by atoms with Crippen LogP contribution in [0, 0.1) is 17.1 Å². The molecule has 0 spiro atoms. The molecule has 0 aromatic heterocycles. The van der Waals surface area contributed by atoms with E-state index in [0.717, 1.165) is 0 Å². The second kappa shape index (κ2) is 9.30. The molecule has 0 atom stereocenters. The summed E-state index contributed by atoms with van der Waals surface area (Å²) in [5, 5.41) is 20.3. The summed E-state index contributed by atoms with van der Waals surface area (Å²) < 4.78 is 19.6. The Morgan fingerprint density at radius 1 is 1.26 bits per heavy atom. The number of amides is 1. The Bertz CT molecular complexity index is 947. The zero-order valence-electron chi connectivity index (χ0n) is 13.5. The smallest absolute Gasteiger partial charge is 0.341 e. The van der Waals surface area contributed by atoms with Crippen LogP contribution < -0.4 is 10.1 Å². The van der Waals surface area contributed by atoms with Crippen LogP contribution in [0.15, 0.2) is 50.9 Å². The van der Waals surface area contributed by atoms with Gasteiger partial charge in [-0.05, 0) is 67.8 Å². The van der Waals surface area contributed by atoms with Gasteiger partial charge >= 0.3 is 5.97 Å². The number of halogens is 3. The summed E-state index contributed by atoms with van der Waals surface area (Å²) in [4.78, 5) is 22.9. The molecule has 27 heavy (non-hydrogen) atoms. The topological polar surface area (TPSA) is 99.4 Å². The van der Waals surface area contributed by atoms with E-state index in [-0.39, 0.29) is 17.0 Å². The summed E-state index contributed by atoms with van der Waals surface area (Å²) in [6.45, 7) is -0.527. The van der Waals surface area contributed by atoms with E-state index >= 15 is 0 Å². The van der Waals surface area contributed by atoms with E-state index in [4.69, 9.17) is 9.84 Å². The van der Waals surface area contributed by atoms with Crippen molar-refractivity contribution in [1.82, 2.24) is 0 Å². The lowest BCUT2D eigenvalue weighted by molar-refractivity contribution is -0.139. The van der Waals surface area contributed by atoms with Crippen LogP contribution >= 0.6 is 31.9 Å². The molecule has 9 heteroatoms. The molecule has 0 bridgehead atoms. The molecule has 0 aliphatic heterocycles. The summed E-state index contributed by atoms with van der Waals surface area (Å²) in [5.41, 5.74) is 0.191. The average molecular weight is 498 g/mol. The van der Waals surface area contributed by atoms with Gasteiger partial charge in [-0.2, -0.15) is 5.26 Å². The first-order valence-corrected chi connectivity index (χ1v) is 8.91. The molecule has 0 heterocycles. The van der Waals surface area contributed by atoms with Gasteiger partial charge in [0.2, 0.25) is 0 Å². The number of carboxylic acids is 1. The average Bonchev–Trinajstić information content (AvgIpc) is 2.60. The molecule has 2 aromatic carbocycles. The Labute approximate surface area is 170 Å². The number of carboxylic acid groups (broad SMARTS) is 1. The lowest BCUT2D eigenvalue weighted by atomic mass is 10.1. The maximum Gasteiger partial charge on any atom is 0.341 e. The van der Waals surface area contributed by atoms with Crippen LogP contribution in [0.1, 0.15) is 5.56 Å². The van der Waals surface area contributed by atoms with Crippen LogP contribution in [0.2, 0.25) is 0 Å². The fourth-order valence-corrected chi connectivity index (χ4v) is 3.45. The number of carbonyl (C=O) groups excluding carboxylic acids is 1. The lowest BCUT2D eigenvalue weighted by Crippen LogP contribution is -2.14. The van der Waals surface area contributed by atoms with Crippen molar-refractivity contribution in [2.75, 3.05) is 11.9 Å². The van der Waals surface area contributed by atoms with Crippen LogP contribution in [-0.4, -0.2) is 23.6 Å². The summed E-state index contributed by atoms with van der Waals surface area (Å²) >= 11 is 6.50. The number of para-hydroxylation sites is 1. The fraction of sp³-hybridized carbons (Fsp3) is 0.0556. The number of carbonyl (C=O) groups is 2. The van der Waals surface area contributed by atoms with Crippen molar-refractivity contribution in [2.24, 2.45) is 0 Å². The number of ether oxygens (including phenoxy) is 1. The van der Waals surface area contributed by atoms with Crippen molar-refractivity contribution in [3.05, 3.63) is 62.3 Å². The van der Waals surface area contributed by atoms with Gasteiger partial charge in [0, 0.05) is 0 Å². The van der Waals surface area contributed by atoms with Gasteiger partial charge in [-0.1, -0.05) is 12.1 Å². The second-order valence-electron chi connectivity index (χ2n) is 5.10. The molecule has 0 unspecified atom stereocenters. The molecule has 0 aliphatic rings. The minimum atomic E-state index is -1.13. The molecular weight excluding hydrogens is 487 g/mol. The summed E-state index contributed by atoms with van der Waals surface area (Å²) in [6, 6.07) is 10.5. The van der Waals surface area contributed by atoms with Crippen molar-refractivity contribution in [3.8, 4) is 11.8 Å². The number of aliphatic carboxylic acids is 1. The number of nitrogens with zero attached hydrogens (tertiary/aromatic N) is 1. The van der Waals surface area contributed by atoms with Crippen molar-refractivity contribution < 1.29 is 23.8 Å². The third kappa shape index (κ3) is 5.64. The van der Waals surface area contributed by atoms with E-state index in [1.807, 2.05) is 0 Å². The highest BCUT2D eigenvalue weighted by Crippen LogP contribution is 2.35. The molecule has 138 valence electrons. The SMILES string of the molecule is N#C/C(=C/c1cc(Br)c(OCC(=O)O)c(Br)c1)C(=O)Nc1ccccc1F. The Kier molecular flexibility index (Phi) is 7.10. The van der Waals surface area contributed by atoms with Crippen LogP contribution in [-0.2, 0) is 9.59 Å². The molecular formula is C18H11Br2FN2O4. The molecule has 0 saturated carbocycles. The number of hydrogen-bond acceptors (Lipinski definition) is 4. The molecule has 0 radical (unpaired) electrons. The zero-order valence-corrected chi connectivity index (χ0v) is 16.7. The molecule has 1 amide bonds. The molecule has 0 fully saturated rings. The molecule has 6 nitrogen and oxygen atoms in total. The number of hydrogen-bond donors (Lipinski definition) is 2. The van der Waals surface area contributed by atoms with Gasteiger partial charge in [0.05, 0.1) is 14.6 Å². The Hall–Kier alpha value is -2.70. The Morgan fingerprint density at radius 2 is 1.89 bits per heavy atom. The lowest BCUT2D eigenvalue weighted by Gasteiger charge is -2.10. The first kappa shape index (κ1) is 20.6. The van der Waals surface area contributed by atoms with Gasteiger partial charge in [0.15, 0.2) is 6.61 Å². The maximum absolute atomic E-state index is 13.6. The normalized spacial score (nSPS) is 10.8. The molecule has 2 rings (SSSR count). The minimum Gasteiger partial charge on any atom is -0.480 e. The maximum atomic E-state index is 13.6. The molecule has 2 N–H and O–H groups in total. The number of nitrogens with one attached hydrogen (secondary N) is 1. The van der Waals surface area contributed by atoms with Crippen molar-refractivity contribution in [1.29, 1.82) is 5.26 Å². The van der Waals surface area contributed by atoms with Gasteiger partial charge in [-0.25, -0.2) is 9.18 Å². The summed E-state index contributed by atoms with van der Waals surface area (Å²) in [5.74, 6) is -2.24. The van der Waals surface area contributed by atoms with Crippen LogP contribution in [0.4, 0.5) is 10.1 Å². The quantitative estimate of drug-likeness (QED) is 0.456. The number of benzene rings is 2. The van der Waals surface area contributed by atoms with Gasteiger partial charge < -0.3 is 15.2 Å². The number of nitriles is 1. The van der Waals surface area contributed by atoms with Crippen LogP contribution in [0.3, 0.4) is 0 Å². The zero-order chi connectivity index (χ0) is 20.0. The van der Waals surface area contributed by atoms with Gasteiger partial charge in [0.25, 0.3) is 5.91 Å². The molecule has 0 saturated heterocycles. The first-order chi connectivity index (χ1) is 12.8. The third-order valence-electron chi connectivity index (χ3n) is 3.16. The second-order valence-corrected chi connectivity index (χ2v) is 6.81. The van der Waals surface area contributed by atoms with Crippen LogP contribution in [0.25, 0.3) is 6.08 Å². The highest BCUT2D eigenvalue weighted by atomic mass is 79.9. The predicted molar refractivity (Wildman–Crippen MR) is 104 cm³/mol. The third-order valence-corrected chi connectivity index (χ3v) is 4.34. The minimum absolute atomic E-state index is 0.0385. The van der Waals surface area contributed by atoms with Gasteiger partial charge in [-0.15, -0.1) is 0 Å². The van der Waals surface area contributed by atoms with E-state index in [1.54, 1.807) is 24.3 Å². The highest BCUT2D eigenvalue weighted by molar-refractivity contribution is 9.11. The predicted octanol–water partition coefficient (Wildman–Crippen LogP) is 4.36. The van der Waals surface area contributed by atoms with Gasteiger partial charge in [-0.3, -0.25) is 4.79 Å². The van der Waals surface area contributed by atoms with Crippen molar-refractivity contribution >= 4 is 55.5 Å². The molecule has 0 aliphatic carbocycles. The van der Waals surface area contributed by atoms with E-state index in [1.165, 1.54) is 24.3 Å². The van der Waals surface area contributed by atoms with Crippen LogP contribution in [0.5, 0.6) is 5.75 Å². The first-order valence-electron chi connectivity index (χ1n) is 7.33. The Morgan fingerprint density at radius 3 is 2.44 bits per heavy atom. The number of anilines is 1. The summed E-state index contributed by atoms with van der Waals surface area (Å²) in [6.07, 6.45) is 1.31. The highest BCUT2D eigenvalue weighted by Gasteiger charge is 2.14. The van der Waals surface area contributed by atoms with E-state index in [9.17, 15) is 19.2 Å². The fourth-order valence-electron chi connectivity index (χ4n) is 2.00. The van der Waals surface area contributed by atoms with Crippen molar-refractivity contribution in [3.63, 3.8) is 0 Å². The van der Waals surface area contributed by atoms with E-state index in [0.29, 0.717) is 14.5 Å². The van der Waals surface area contributed by atoms with Gasteiger partial charge in [0.1, 0.15) is 23.2 Å². The largest absolute Gasteiger partial charge is 0.480 e. The van der Waals surface area contributed by atoms with E-state index in [2.05, 4.69) is 37.2 Å². The number of rotatable bonds is 6. The van der Waals surface area contributed by atoms with E-state index < -0.39 is 24.3 Å². The Balaban J connectivity index is 2.27.